The Morgan fingerprint density at radius 1 is 1.30 bits per heavy atom. The van der Waals surface area contributed by atoms with Crippen LogP contribution in [0.1, 0.15) is 30.1 Å². The first-order valence-corrected chi connectivity index (χ1v) is 9.25. The van der Waals surface area contributed by atoms with Crippen LogP contribution in [-0.2, 0) is 16.1 Å². The Morgan fingerprint density at radius 2 is 2.11 bits per heavy atom. The number of carbonyl (C=O) groups is 2. The van der Waals surface area contributed by atoms with E-state index in [2.05, 4.69) is 10.3 Å². The molecule has 0 atom stereocenters. The molecule has 4 rings (SSSR count). The van der Waals surface area contributed by atoms with Crippen molar-refractivity contribution in [1.82, 2.24) is 24.8 Å². The highest BCUT2D eigenvalue weighted by Gasteiger charge is 2.33. The molecule has 2 fully saturated rings. The molecule has 0 spiro atoms. The van der Waals surface area contributed by atoms with Crippen LogP contribution < -0.4 is 4.74 Å². The van der Waals surface area contributed by atoms with Crippen LogP contribution in [0, 0.1) is 6.92 Å². The molecule has 1 aromatic carbocycles. The van der Waals surface area contributed by atoms with Gasteiger partial charge in [-0.15, -0.1) is 5.10 Å². The van der Waals surface area contributed by atoms with Crippen molar-refractivity contribution >= 4 is 11.8 Å². The molecule has 0 aliphatic carbocycles. The molecule has 2 aliphatic heterocycles. The molecule has 0 bridgehead atoms. The molecule has 8 heteroatoms. The van der Waals surface area contributed by atoms with Gasteiger partial charge in [0.1, 0.15) is 11.4 Å². The van der Waals surface area contributed by atoms with E-state index in [4.69, 9.17) is 4.74 Å². The van der Waals surface area contributed by atoms with E-state index in [0.29, 0.717) is 26.1 Å². The summed E-state index contributed by atoms with van der Waals surface area (Å²) in [6.45, 7) is 4.49. The SMILES string of the molecule is Cc1ccccc1OCC(=O)N1CC(n2cc(CN3CCCC3=O)nn2)C1. The molecule has 0 radical (unpaired) electrons. The first kappa shape index (κ1) is 17.5. The predicted molar refractivity (Wildman–Crippen MR) is 97.0 cm³/mol. The van der Waals surface area contributed by atoms with Gasteiger partial charge in [0.05, 0.1) is 18.8 Å². The highest BCUT2D eigenvalue weighted by atomic mass is 16.5. The lowest BCUT2D eigenvalue weighted by Gasteiger charge is -2.38. The van der Waals surface area contributed by atoms with Crippen molar-refractivity contribution in [3.05, 3.63) is 41.7 Å². The van der Waals surface area contributed by atoms with Gasteiger partial charge in [0.2, 0.25) is 5.91 Å². The molecule has 2 aliphatic rings. The Labute approximate surface area is 157 Å². The van der Waals surface area contributed by atoms with Crippen molar-refractivity contribution < 1.29 is 14.3 Å². The van der Waals surface area contributed by atoms with Gasteiger partial charge in [0.15, 0.2) is 6.61 Å². The molecular weight excluding hydrogens is 346 g/mol. The van der Waals surface area contributed by atoms with Gasteiger partial charge < -0.3 is 14.5 Å². The zero-order chi connectivity index (χ0) is 18.8. The summed E-state index contributed by atoms with van der Waals surface area (Å²) < 4.78 is 7.42. The van der Waals surface area contributed by atoms with Gasteiger partial charge in [-0.25, -0.2) is 4.68 Å². The molecule has 2 aromatic rings. The van der Waals surface area contributed by atoms with Crippen LogP contribution in [0.15, 0.2) is 30.5 Å². The zero-order valence-corrected chi connectivity index (χ0v) is 15.4. The second-order valence-corrected chi connectivity index (χ2v) is 7.12. The summed E-state index contributed by atoms with van der Waals surface area (Å²) in [4.78, 5) is 27.5. The Balaban J connectivity index is 1.25. The fourth-order valence-electron chi connectivity index (χ4n) is 3.41. The number of benzene rings is 1. The summed E-state index contributed by atoms with van der Waals surface area (Å²) in [5.74, 6) is 0.886. The van der Waals surface area contributed by atoms with Gasteiger partial charge >= 0.3 is 0 Å². The minimum absolute atomic E-state index is 0.0301. The van der Waals surface area contributed by atoms with Gasteiger partial charge in [0.25, 0.3) is 5.91 Å². The van der Waals surface area contributed by atoms with Crippen LogP contribution in [0.5, 0.6) is 5.75 Å². The first-order chi connectivity index (χ1) is 13.1. The fraction of sp³-hybridized carbons (Fsp3) is 0.474. The lowest BCUT2D eigenvalue weighted by atomic mass is 10.1. The average Bonchev–Trinajstić information content (AvgIpc) is 3.23. The van der Waals surface area contributed by atoms with Gasteiger partial charge in [-0.2, -0.15) is 0 Å². The number of ether oxygens (including phenoxy) is 1. The quantitative estimate of drug-likeness (QED) is 0.764. The summed E-state index contributed by atoms with van der Waals surface area (Å²) in [5.41, 5.74) is 1.80. The van der Waals surface area contributed by atoms with E-state index in [0.717, 1.165) is 30.0 Å². The van der Waals surface area contributed by atoms with Crippen molar-refractivity contribution in [3.8, 4) is 5.75 Å². The second kappa shape index (κ2) is 7.38. The highest BCUT2D eigenvalue weighted by Crippen LogP contribution is 2.22. The maximum Gasteiger partial charge on any atom is 0.260 e. The number of para-hydroxylation sites is 1. The third kappa shape index (κ3) is 3.79. The summed E-state index contributed by atoms with van der Waals surface area (Å²) in [7, 11) is 0. The Hall–Kier alpha value is -2.90. The number of aryl methyl sites for hydroxylation is 1. The number of carbonyl (C=O) groups excluding carboxylic acids is 2. The summed E-state index contributed by atoms with van der Waals surface area (Å²) >= 11 is 0. The van der Waals surface area contributed by atoms with E-state index < -0.39 is 0 Å². The van der Waals surface area contributed by atoms with E-state index >= 15 is 0 Å². The van der Waals surface area contributed by atoms with Crippen LogP contribution in [0.4, 0.5) is 0 Å². The van der Waals surface area contributed by atoms with Crippen molar-refractivity contribution in [2.24, 2.45) is 0 Å². The van der Waals surface area contributed by atoms with E-state index in [1.54, 1.807) is 9.58 Å². The van der Waals surface area contributed by atoms with Crippen LogP contribution in [0.25, 0.3) is 0 Å². The van der Waals surface area contributed by atoms with E-state index in [1.165, 1.54) is 0 Å². The molecule has 2 amide bonds. The van der Waals surface area contributed by atoms with Crippen molar-refractivity contribution in [2.75, 3.05) is 26.2 Å². The van der Waals surface area contributed by atoms with Crippen LogP contribution in [0.3, 0.4) is 0 Å². The Kier molecular flexibility index (Phi) is 4.79. The highest BCUT2D eigenvalue weighted by molar-refractivity contribution is 5.79. The number of aromatic nitrogens is 3. The number of amides is 2. The number of hydrogen-bond acceptors (Lipinski definition) is 5. The molecule has 0 unspecified atom stereocenters. The fourth-order valence-corrected chi connectivity index (χ4v) is 3.41. The van der Waals surface area contributed by atoms with Gasteiger partial charge in [-0.1, -0.05) is 23.4 Å². The molecule has 0 N–H and O–H groups in total. The molecule has 27 heavy (non-hydrogen) atoms. The standard InChI is InChI=1S/C19H23N5O3/c1-14-5-2-3-6-17(14)27-13-19(26)23-11-16(12-23)24-10-15(20-21-24)9-22-8-4-7-18(22)25/h2-3,5-6,10,16H,4,7-9,11-13H2,1H3. The minimum Gasteiger partial charge on any atom is -0.484 e. The third-order valence-corrected chi connectivity index (χ3v) is 5.12. The third-order valence-electron chi connectivity index (χ3n) is 5.12. The van der Waals surface area contributed by atoms with E-state index in [9.17, 15) is 9.59 Å². The minimum atomic E-state index is -0.0301. The zero-order valence-electron chi connectivity index (χ0n) is 15.4. The lowest BCUT2D eigenvalue weighted by Crippen LogP contribution is -2.52. The molecule has 0 saturated carbocycles. The maximum atomic E-state index is 12.3. The van der Waals surface area contributed by atoms with Crippen molar-refractivity contribution in [1.29, 1.82) is 0 Å². The Morgan fingerprint density at radius 3 is 2.85 bits per heavy atom. The monoisotopic (exact) mass is 369 g/mol. The Bertz CT molecular complexity index is 843. The summed E-state index contributed by atoms with van der Waals surface area (Å²) in [6.07, 6.45) is 3.41. The van der Waals surface area contributed by atoms with Crippen molar-refractivity contribution in [3.63, 3.8) is 0 Å². The smallest absolute Gasteiger partial charge is 0.260 e. The molecule has 1 aromatic heterocycles. The first-order valence-electron chi connectivity index (χ1n) is 9.25. The maximum absolute atomic E-state index is 12.3. The molecule has 3 heterocycles. The summed E-state index contributed by atoms with van der Waals surface area (Å²) in [5, 5.41) is 8.33. The number of nitrogens with zero attached hydrogens (tertiary/aromatic N) is 5. The van der Waals surface area contributed by atoms with Gasteiger partial charge in [-0.3, -0.25) is 9.59 Å². The molecule has 2 saturated heterocycles. The van der Waals surface area contributed by atoms with Gasteiger partial charge in [0, 0.05) is 26.1 Å². The van der Waals surface area contributed by atoms with E-state index in [1.807, 2.05) is 42.3 Å². The van der Waals surface area contributed by atoms with Crippen LogP contribution >= 0.6 is 0 Å². The molecule has 8 nitrogen and oxygen atoms in total. The van der Waals surface area contributed by atoms with Crippen LogP contribution in [0.2, 0.25) is 0 Å². The predicted octanol–water partition coefficient (Wildman–Crippen LogP) is 1.17. The van der Waals surface area contributed by atoms with Crippen LogP contribution in [-0.4, -0.2) is 62.8 Å². The summed E-state index contributed by atoms with van der Waals surface area (Å²) in [6, 6.07) is 7.78. The molecular formula is C19H23N5O3. The molecule has 142 valence electrons. The normalized spacial score (nSPS) is 17.3. The lowest BCUT2D eigenvalue weighted by molar-refractivity contribution is -0.139. The van der Waals surface area contributed by atoms with Crippen molar-refractivity contribution in [2.45, 2.75) is 32.4 Å². The average molecular weight is 369 g/mol. The number of rotatable bonds is 6. The van der Waals surface area contributed by atoms with E-state index in [-0.39, 0.29) is 24.5 Å². The number of likely N-dealkylation sites (tertiary alicyclic amines) is 2. The second-order valence-electron chi connectivity index (χ2n) is 7.12. The number of hydrogen-bond donors (Lipinski definition) is 0. The van der Waals surface area contributed by atoms with Gasteiger partial charge in [-0.05, 0) is 25.0 Å². The largest absolute Gasteiger partial charge is 0.484 e. The topological polar surface area (TPSA) is 80.6 Å².